The van der Waals surface area contributed by atoms with Crippen molar-refractivity contribution in [2.45, 2.75) is 12.8 Å². The van der Waals surface area contributed by atoms with E-state index in [9.17, 15) is 15.2 Å². The Hall–Kier alpha value is -2.58. The first-order valence-electron chi connectivity index (χ1n) is 8.50. The van der Waals surface area contributed by atoms with Crippen LogP contribution >= 0.6 is 11.3 Å². The fourth-order valence-corrected chi connectivity index (χ4v) is 4.31. The number of aliphatic hydroxyl groups is 1. The van der Waals surface area contributed by atoms with Crippen LogP contribution in [0.15, 0.2) is 36.0 Å². The van der Waals surface area contributed by atoms with Crippen molar-refractivity contribution in [1.29, 1.82) is 0 Å². The molecule has 134 valence electrons. The van der Waals surface area contributed by atoms with Gasteiger partial charge in [0.15, 0.2) is 0 Å². The molecule has 0 amide bonds. The zero-order chi connectivity index (χ0) is 18.1. The third-order valence-electron chi connectivity index (χ3n) is 4.91. The molecule has 0 radical (unpaired) electrons. The third-order valence-corrected chi connectivity index (χ3v) is 5.80. The molecule has 0 bridgehead atoms. The van der Waals surface area contributed by atoms with Gasteiger partial charge in [-0.1, -0.05) is 0 Å². The summed E-state index contributed by atoms with van der Waals surface area (Å²) in [6, 6.07) is 6.59. The second kappa shape index (κ2) is 6.97. The third kappa shape index (κ3) is 3.02. The molecule has 1 aromatic carbocycles. The van der Waals surface area contributed by atoms with Crippen LogP contribution in [0.5, 0.6) is 0 Å². The number of aliphatic hydroxyl groups excluding tert-OH is 1. The number of thiophene rings is 1. The van der Waals surface area contributed by atoms with Crippen molar-refractivity contribution in [3.8, 4) is 11.1 Å². The summed E-state index contributed by atoms with van der Waals surface area (Å²) in [7, 11) is 0. The number of benzene rings is 1. The predicted octanol–water partition coefficient (Wildman–Crippen LogP) is 3.48. The zero-order valence-corrected chi connectivity index (χ0v) is 14.9. The molecular weight excluding hydrogens is 352 g/mol. The highest BCUT2D eigenvalue weighted by molar-refractivity contribution is 7.17. The summed E-state index contributed by atoms with van der Waals surface area (Å²) >= 11 is 1.55. The van der Waals surface area contributed by atoms with Crippen molar-refractivity contribution in [2.75, 3.05) is 24.6 Å². The second-order valence-corrected chi connectivity index (χ2v) is 7.30. The molecule has 0 aliphatic carbocycles. The van der Waals surface area contributed by atoms with E-state index >= 15 is 0 Å². The van der Waals surface area contributed by atoms with Crippen molar-refractivity contribution in [2.24, 2.45) is 5.92 Å². The van der Waals surface area contributed by atoms with Crippen molar-refractivity contribution in [1.82, 2.24) is 9.97 Å². The van der Waals surface area contributed by atoms with Gasteiger partial charge in [0.1, 0.15) is 17.0 Å². The van der Waals surface area contributed by atoms with E-state index in [1.165, 1.54) is 12.1 Å². The molecule has 0 unspecified atom stereocenters. The maximum absolute atomic E-state index is 10.9. The van der Waals surface area contributed by atoms with Crippen LogP contribution in [-0.4, -0.2) is 39.7 Å². The Kier molecular flexibility index (Phi) is 4.52. The number of nitro groups is 1. The molecule has 26 heavy (non-hydrogen) atoms. The number of anilines is 1. The lowest BCUT2D eigenvalue weighted by Crippen LogP contribution is -2.35. The first-order chi connectivity index (χ1) is 12.7. The topological polar surface area (TPSA) is 92.4 Å². The van der Waals surface area contributed by atoms with Gasteiger partial charge in [0, 0.05) is 42.8 Å². The Morgan fingerprint density at radius 1 is 1.23 bits per heavy atom. The summed E-state index contributed by atoms with van der Waals surface area (Å²) in [4.78, 5) is 22.6. The largest absolute Gasteiger partial charge is 0.396 e. The minimum absolute atomic E-state index is 0.0795. The number of rotatable bonds is 4. The fourth-order valence-electron chi connectivity index (χ4n) is 3.40. The number of nitrogens with zero attached hydrogens (tertiary/aromatic N) is 4. The summed E-state index contributed by atoms with van der Waals surface area (Å²) in [5.74, 6) is 1.26. The lowest BCUT2D eigenvalue weighted by molar-refractivity contribution is -0.384. The van der Waals surface area contributed by atoms with Crippen LogP contribution in [0.1, 0.15) is 12.8 Å². The summed E-state index contributed by atoms with van der Waals surface area (Å²) in [6.45, 7) is 1.94. The minimum atomic E-state index is -0.393. The lowest BCUT2D eigenvalue weighted by Gasteiger charge is -2.32. The quantitative estimate of drug-likeness (QED) is 0.558. The van der Waals surface area contributed by atoms with E-state index in [1.54, 1.807) is 29.8 Å². The average molecular weight is 370 g/mol. The Labute approximate surface area is 154 Å². The first-order valence-corrected chi connectivity index (χ1v) is 9.38. The van der Waals surface area contributed by atoms with Gasteiger partial charge in [0.25, 0.3) is 5.69 Å². The number of hydrogen-bond acceptors (Lipinski definition) is 7. The number of piperidine rings is 1. The Morgan fingerprint density at radius 2 is 1.96 bits per heavy atom. The van der Waals surface area contributed by atoms with Gasteiger partial charge in [-0.25, -0.2) is 9.97 Å². The highest BCUT2D eigenvalue weighted by atomic mass is 32.1. The van der Waals surface area contributed by atoms with Crippen molar-refractivity contribution in [3.63, 3.8) is 0 Å². The van der Waals surface area contributed by atoms with E-state index in [0.717, 1.165) is 53.1 Å². The van der Waals surface area contributed by atoms with E-state index in [-0.39, 0.29) is 12.3 Å². The maximum Gasteiger partial charge on any atom is 0.269 e. The van der Waals surface area contributed by atoms with Crippen molar-refractivity contribution >= 4 is 33.1 Å². The summed E-state index contributed by atoms with van der Waals surface area (Å²) < 4.78 is 0. The van der Waals surface area contributed by atoms with E-state index in [0.29, 0.717) is 5.92 Å². The number of fused-ring (bicyclic) bond motifs is 1. The molecule has 8 heteroatoms. The molecular formula is C18H18N4O3S. The van der Waals surface area contributed by atoms with E-state index in [4.69, 9.17) is 0 Å². The van der Waals surface area contributed by atoms with Crippen LogP contribution in [0.4, 0.5) is 11.5 Å². The van der Waals surface area contributed by atoms with Crippen molar-refractivity contribution in [3.05, 3.63) is 46.1 Å². The molecule has 1 saturated heterocycles. The Morgan fingerprint density at radius 3 is 2.62 bits per heavy atom. The summed E-state index contributed by atoms with van der Waals surface area (Å²) in [5, 5.41) is 23.3. The van der Waals surface area contributed by atoms with Crippen LogP contribution in [0.2, 0.25) is 0 Å². The minimum Gasteiger partial charge on any atom is -0.396 e. The molecule has 3 aromatic rings. The predicted molar refractivity (Wildman–Crippen MR) is 102 cm³/mol. The van der Waals surface area contributed by atoms with Gasteiger partial charge in [-0.3, -0.25) is 10.1 Å². The number of aromatic nitrogens is 2. The smallest absolute Gasteiger partial charge is 0.269 e. The van der Waals surface area contributed by atoms with Crippen LogP contribution < -0.4 is 4.90 Å². The molecule has 2 aromatic heterocycles. The Bertz CT molecular complexity index is 933. The molecule has 1 aliphatic rings. The second-order valence-electron chi connectivity index (χ2n) is 6.44. The molecule has 3 heterocycles. The monoisotopic (exact) mass is 370 g/mol. The van der Waals surface area contributed by atoms with Crippen LogP contribution in [-0.2, 0) is 0 Å². The number of non-ortho nitro benzene ring substituents is 1. The van der Waals surface area contributed by atoms with Crippen LogP contribution in [0, 0.1) is 16.0 Å². The fraction of sp³-hybridized carbons (Fsp3) is 0.333. The standard InChI is InChI=1S/C18H18N4O3S/c23-9-12-5-7-21(8-6-12)17-16-15(10-26-18(16)20-11-19-17)13-1-3-14(4-2-13)22(24)25/h1-4,10-12,23H,5-9H2. The highest BCUT2D eigenvalue weighted by Crippen LogP contribution is 2.39. The SMILES string of the molecule is O=[N+]([O-])c1ccc(-c2csc3ncnc(N4CCC(CO)CC4)c23)cc1. The molecule has 7 nitrogen and oxygen atoms in total. The van der Waals surface area contributed by atoms with Gasteiger partial charge in [0.05, 0.1) is 10.3 Å². The molecule has 0 atom stereocenters. The van der Waals surface area contributed by atoms with Gasteiger partial charge in [-0.2, -0.15) is 0 Å². The van der Waals surface area contributed by atoms with Crippen LogP contribution in [0.3, 0.4) is 0 Å². The Balaban J connectivity index is 1.74. The van der Waals surface area contributed by atoms with E-state index in [2.05, 4.69) is 14.9 Å². The highest BCUT2D eigenvalue weighted by Gasteiger charge is 2.23. The van der Waals surface area contributed by atoms with Gasteiger partial charge >= 0.3 is 0 Å². The van der Waals surface area contributed by atoms with Crippen LogP contribution in [0.25, 0.3) is 21.3 Å². The maximum atomic E-state index is 10.9. The van der Waals surface area contributed by atoms with Gasteiger partial charge in [-0.05, 0) is 36.5 Å². The molecule has 4 rings (SSSR count). The molecule has 1 N–H and O–H groups in total. The molecule has 0 saturated carbocycles. The van der Waals surface area contributed by atoms with Gasteiger partial charge in [-0.15, -0.1) is 11.3 Å². The van der Waals surface area contributed by atoms with Gasteiger partial charge < -0.3 is 10.0 Å². The van der Waals surface area contributed by atoms with Gasteiger partial charge in [0.2, 0.25) is 0 Å². The molecule has 1 aliphatic heterocycles. The molecule has 1 fully saturated rings. The number of nitro benzene ring substituents is 1. The zero-order valence-electron chi connectivity index (χ0n) is 14.0. The van der Waals surface area contributed by atoms with E-state index in [1.807, 2.05) is 5.38 Å². The first kappa shape index (κ1) is 16.9. The number of hydrogen-bond donors (Lipinski definition) is 1. The lowest BCUT2D eigenvalue weighted by atomic mass is 9.97. The normalized spacial score (nSPS) is 15.5. The summed E-state index contributed by atoms with van der Waals surface area (Å²) in [5.41, 5.74) is 2.00. The van der Waals surface area contributed by atoms with E-state index < -0.39 is 4.92 Å². The summed E-state index contributed by atoms with van der Waals surface area (Å²) in [6.07, 6.45) is 3.48. The average Bonchev–Trinajstić information content (AvgIpc) is 3.12. The van der Waals surface area contributed by atoms with Crippen molar-refractivity contribution < 1.29 is 10.0 Å². The molecule has 0 spiro atoms.